The molecule has 6 heteroatoms. The number of amides is 1. The molecule has 0 aliphatic carbocycles. The molecule has 0 unspecified atom stereocenters. The summed E-state index contributed by atoms with van der Waals surface area (Å²) in [6.45, 7) is 8.91. The van der Waals surface area contributed by atoms with E-state index in [-0.39, 0.29) is 12.5 Å². The zero-order chi connectivity index (χ0) is 20.9. The smallest absolute Gasteiger partial charge is 0.251 e. The van der Waals surface area contributed by atoms with Gasteiger partial charge < -0.3 is 5.32 Å². The molecule has 0 spiro atoms. The molecule has 28 heavy (non-hydrogen) atoms. The van der Waals surface area contributed by atoms with Crippen LogP contribution in [0, 0.1) is 19.8 Å². The van der Waals surface area contributed by atoms with Gasteiger partial charge >= 0.3 is 0 Å². The average Bonchev–Trinajstić information content (AvgIpc) is 2.60. The first kappa shape index (κ1) is 22.0. The van der Waals surface area contributed by atoms with Crippen molar-refractivity contribution in [2.24, 2.45) is 5.92 Å². The van der Waals surface area contributed by atoms with Crippen LogP contribution in [0.2, 0.25) is 0 Å². The molecule has 0 bridgehead atoms. The van der Waals surface area contributed by atoms with Crippen LogP contribution >= 0.6 is 0 Å². The topological polar surface area (TPSA) is 66.5 Å². The number of benzene rings is 2. The molecule has 0 radical (unpaired) electrons. The van der Waals surface area contributed by atoms with Crippen LogP contribution in [0.25, 0.3) is 0 Å². The largest absolute Gasteiger partial charge is 0.352 e. The number of aryl methyl sites for hydroxylation is 2. The number of nitrogens with one attached hydrogen (secondary N) is 1. The highest BCUT2D eigenvalue weighted by Crippen LogP contribution is 2.28. The normalized spacial score (nSPS) is 11.5. The van der Waals surface area contributed by atoms with E-state index in [1.54, 1.807) is 12.1 Å². The molecule has 0 saturated heterocycles. The van der Waals surface area contributed by atoms with Gasteiger partial charge in [-0.3, -0.25) is 9.10 Å². The Balaban J connectivity index is 2.19. The number of sulfonamides is 1. The van der Waals surface area contributed by atoms with Gasteiger partial charge in [-0.15, -0.1) is 0 Å². The van der Waals surface area contributed by atoms with Gasteiger partial charge in [0.15, 0.2) is 0 Å². The Morgan fingerprint density at radius 3 is 2.11 bits per heavy atom. The van der Waals surface area contributed by atoms with Gasteiger partial charge in [-0.25, -0.2) is 8.42 Å². The van der Waals surface area contributed by atoms with E-state index in [2.05, 4.69) is 19.2 Å². The van der Waals surface area contributed by atoms with Crippen LogP contribution in [0.1, 0.15) is 47.3 Å². The second-order valence-electron chi connectivity index (χ2n) is 7.65. The van der Waals surface area contributed by atoms with Crippen molar-refractivity contribution in [2.45, 2.75) is 40.7 Å². The molecule has 0 aliphatic heterocycles. The molecular weight excluding hydrogens is 372 g/mol. The minimum absolute atomic E-state index is 0.109. The Kier molecular flexibility index (Phi) is 7.24. The Morgan fingerprint density at radius 2 is 1.61 bits per heavy atom. The molecule has 2 aromatic rings. The number of hydrogen-bond acceptors (Lipinski definition) is 3. The Morgan fingerprint density at radius 1 is 1.04 bits per heavy atom. The van der Waals surface area contributed by atoms with Crippen molar-refractivity contribution in [3.05, 3.63) is 64.7 Å². The van der Waals surface area contributed by atoms with Gasteiger partial charge in [0.1, 0.15) is 0 Å². The lowest BCUT2D eigenvalue weighted by molar-refractivity contribution is 0.0952. The maximum atomic E-state index is 12.5. The molecule has 2 rings (SSSR count). The fourth-order valence-electron chi connectivity index (χ4n) is 3.06. The van der Waals surface area contributed by atoms with Crippen LogP contribution < -0.4 is 9.62 Å². The first-order chi connectivity index (χ1) is 13.1. The van der Waals surface area contributed by atoms with Crippen LogP contribution in [-0.4, -0.2) is 27.1 Å². The van der Waals surface area contributed by atoms with Crippen molar-refractivity contribution < 1.29 is 13.2 Å². The summed E-state index contributed by atoms with van der Waals surface area (Å²) in [5, 5.41) is 2.91. The molecule has 5 nitrogen and oxygen atoms in total. The molecular formula is C22H30N2O3S. The highest BCUT2D eigenvalue weighted by atomic mass is 32.2. The number of rotatable bonds is 8. The minimum Gasteiger partial charge on any atom is -0.352 e. The van der Waals surface area contributed by atoms with E-state index in [1.807, 2.05) is 44.2 Å². The Bertz CT molecular complexity index is 899. The number of nitrogens with zero attached hydrogens (tertiary/aromatic N) is 1. The molecule has 2 aromatic carbocycles. The van der Waals surface area contributed by atoms with Crippen molar-refractivity contribution in [1.29, 1.82) is 0 Å². The van der Waals surface area contributed by atoms with Gasteiger partial charge in [-0.05, 0) is 55.0 Å². The van der Waals surface area contributed by atoms with Gasteiger partial charge in [-0.1, -0.05) is 44.2 Å². The zero-order valence-corrected chi connectivity index (χ0v) is 18.1. The molecule has 0 fully saturated rings. The third kappa shape index (κ3) is 5.83. The highest BCUT2D eigenvalue weighted by Gasteiger charge is 2.21. The zero-order valence-electron chi connectivity index (χ0n) is 17.3. The average molecular weight is 403 g/mol. The summed E-state index contributed by atoms with van der Waals surface area (Å²) in [4.78, 5) is 12.2. The van der Waals surface area contributed by atoms with Crippen molar-refractivity contribution in [2.75, 3.05) is 17.1 Å². The number of carbonyl (C=O) groups excluding carboxylic acids is 1. The fraction of sp³-hybridized carbons (Fsp3) is 0.409. The first-order valence-corrected chi connectivity index (χ1v) is 11.4. The predicted molar refractivity (Wildman–Crippen MR) is 115 cm³/mol. The van der Waals surface area contributed by atoms with Gasteiger partial charge in [0, 0.05) is 12.1 Å². The second kappa shape index (κ2) is 9.24. The third-order valence-corrected chi connectivity index (χ3v) is 5.75. The Hall–Kier alpha value is -2.34. The minimum atomic E-state index is -3.45. The van der Waals surface area contributed by atoms with Crippen LogP contribution in [0.5, 0.6) is 0 Å². The van der Waals surface area contributed by atoms with E-state index in [4.69, 9.17) is 0 Å². The summed E-state index contributed by atoms with van der Waals surface area (Å²) in [5.74, 6) is 0.427. The van der Waals surface area contributed by atoms with Crippen LogP contribution in [0.3, 0.4) is 0 Å². The lowest BCUT2D eigenvalue weighted by atomic mass is 10.1. The Labute approximate surface area is 168 Å². The molecule has 0 aromatic heterocycles. The molecule has 1 amide bonds. The lowest BCUT2D eigenvalue weighted by Gasteiger charge is -2.26. The maximum Gasteiger partial charge on any atom is 0.251 e. The van der Waals surface area contributed by atoms with E-state index >= 15 is 0 Å². The monoisotopic (exact) mass is 402 g/mol. The third-order valence-electron chi connectivity index (χ3n) is 4.64. The number of anilines is 1. The molecule has 0 aliphatic rings. The maximum absolute atomic E-state index is 12.5. The summed E-state index contributed by atoms with van der Waals surface area (Å²) < 4.78 is 26.3. The molecule has 1 N–H and O–H groups in total. The fourth-order valence-corrected chi connectivity index (χ4v) is 4.07. The summed E-state index contributed by atoms with van der Waals surface area (Å²) >= 11 is 0. The van der Waals surface area contributed by atoms with Crippen molar-refractivity contribution >= 4 is 21.6 Å². The van der Waals surface area contributed by atoms with E-state index < -0.39 is 10.0 Å². The van der Waals surface area contributed by atoms with Gasteiger partial charge in [-0.2, -0.15) is 0 Å². The standard InChI is InChI=1S/C22H30N2O3S/c1-16(2)13-14-23-22(25)20-11-9-19(10-12-20)15-24(28(5,26)27)21-17(3)7-6-8-18(21)4/h6-12,16H,13-15H2,1-5H3,(H,23,25). The second-order valence-corrected chi connectivity index (χ2v) is 9.55. The molecule has 0 atom stereocenters. The SMILES string of the molecule is Cc1cccc(C)c1N(Cc1ccc(C(=O)NCCC(C)C)cc1)S(C)(=O)=O. The lowest BCUT2D eigenvalue weighted by Crippen LogP contribution is -2.30. The number of hydrogen-bond donors (Lipinski definition) is 1. The van der Waals surface area contributed by atoms with E-state index in [0.717, 1.165) is 23.1 Å². The summed E-state index contributed by atoms with van der Waals surface area (Å²) in [7, 11) is -3.45. The van der Waals surface area contributed by atoms with Crippen molar-refractivity contribution in [1.82, 2.24) is 5.32 Å². The van der Waals surface area contributed by atoms with Gasteiger partial charge in [0.2, 0.25) is 10.0 Å². The van der Waals surface area contributed by atoms with E-state index in [1.165, 1.54) is 10.6 Å². The van der Waals surface area contributed by atoms with E-state index in [9.17, 15) is 13.2 Å². The van der Waals surface area contributed by atoms with Gasteiger partial charge in [0.05, 0.1) is 18.5 Å². The van der Waals surface area contributed by atoms with Crippen LogP contribution in [0.15, 0.2) is 42.5 Å². The first-order valence-electron chi connectivity index (χ1n) is 9.50. The van der Waals surface area contributed by atoms with E-state index in [0.29, 0.717) is 23.7 Å². The quantitative estimate of drug-likeness (QED) is 0.724. The van der Waals surface area contributed by atoms with Crippen LogP contribution in [-0.2, 0) is 16.6 Å². The van der Waals surface area contributed by atoms with Crippen molar-refractivity contribution in [3.63, 3.8) is 0 Å². The summed E-state index contributed by atoms with van der Waals surface area (Å²) in [6.07, 6.45) is 2.15. The number of para-hydroxylation sites is 1. The molecule has 152 valence electrons. The van der Waals surface area contributed by atoms with Crippen LogP contribution in [0.4, 0.5) is 5.69 Å². The number of carbonyl (C=O) groups is 1. The summed E-state index contributed by atoms with van der Waals surface area (Å²) in [5.41, 5.74) is 3.93. The molecule has 0 heterocycles. The summed E-state index contributed by atoms with van der Waals surface area (Å²) in [6, 6.07) is 12.8. The van der Waals surface area contributed by atoms with Gasteiger partial charge in [0.25, 0.3) is 5.91 Å². The molecule has 0 saturated carbocycles. The highest BCUT2D eigenvalue weighted by molar-refractivity contribution is 7.92. The van der Waals surface area contributed by atoms with Crippen molar-refractivity contribution in [3.8, 4) is 0 Å². The predicted octanol–water partition coefficient (Wildman–Crippen LogP) is 4.05.